The zero-order valence-corrected chi connectivity index (χ0v) is 13.8. The number of rotatable bonds is 5. The molecule has 5 heteroatoms. The molecule has 0 bridgehead atoms. The summed E-state index contributed by atoms with van der Waals surface area (Å²) >= 11 is 0. The van der Waals surface area contributed by atoms with Crippen molar-refractivity contribution >= 4 is 5.91 Å². The Labute approximate surface area is 128 Å². The highest BCUT2D eigenvalue weighted by molar-refractivity contribution is 5.82. The lowest BCUT2D eigenvalue weighted by atomic mass is 9.78. The molecule has 2 saturated heterocycles. The summed E-state index contributed by atoms with van der Waals surface area (Å²) in [6.45, 7) is 13.2. The number of carbonyl (C=O) groups excluding carboxylic acids is 1. The summed E-state index contributed by atoms with van der Waals surface area (Å²) in [5.41, 5.74) is 0. The predicted molar refractivity (Wildman–Crippen MR) is 81.6 cm³/mol. The fourth-order valence-corrected chi connectivity index (χ4v) is 3.68. The smallest absolute Gasteiger partial charge is 0.228 e. The van der Waals surface area contributed by atoms with Crippen molar-refractivity contribution in [1.82, 2.24) is 9.80 Å². The zero-order chi connectivity index (χ0) is 15.6. The van der Waals surface area contributed by atoms with Crippen LogP contribution in [0.5, 0.6) is 0 Å². The van der Waals surface area contributed by atoms with Gasteiger partial charge in [-0.05, 0) is 11.8 Å². The molecule has 3 atom stereocenters. The number of amides is 1. The van der Waals surface area contributed by atoms with E-state index in [1.54, 1.807) is 4.90 Å². The Morgan fingerprint density at radius 3 is 2.24 bits per heavy atom. The van der Waals surface area contributed by atoms with Gasteiger partial charge in [-0.1, -0.05) is 27.7 Å². The molecule has 2 fully saturated rings. The largest absolute Gasteiger partial charge is 0.379 e. The van der Waals surface area contributed by atoms with Gasteiger partial charge in [-0.25, -0.2) is 0 Å². The van der Waals surface area contributed by atoms with Crippen LogP contribution >= 0.6 is 0 Å². The van der Waals surface area contributed by atoms with Crippen LogP contribution in [0.15, 0.2) is 0 Å². The van der Waals surface area contributed by atoms with Crippen LogP contribution in [0.1, 0.15) is 27.7 Å². The van der Waals surface area contributed by atoms with Gasteiger partial charge in [0.15, 0.2) is 0 Å². The summed E-state index contributed by atoms with van der Waals surface area (Å²) in [5.74, 6) is 0.703. The highest BCUT2D eigenvalue weighted by atomic mass is 16.5. The molecule has 0 radical (unpaired) electrons. The lowest BCUT2D eigenvalue weighted by Gasteiger charge is -2.30. The quantitative estimate of drug-likeness (QED) is 0.823. The SMILES string of the molecule is CC(C)C1C(=O)N(CCN2CCOCC2)C(O)C1C(C)C. The minimum Gasteiger partial charge on any atom is -0.379 e. The van der Waals surface area contributed by atoms with Crippen molar-refractivity contribution in [3.63, 3.8) is 0 Å². The minimum atomic E-state index is -0.633. The molecule has 0 saturated carbocycles. The average Bonchev–Trinajstić information content (AvgIpc) is 2.69. The molecule has 21 heavy (non-hydrogen) atoms. The predicted octanol–water partition coefficient (Wildman–Crippen LogP) is 1.02. The van der Waals surface area contributed by atoms with E-state index in [1.165, 1.54) is 0 Å². The summed E-state index contributed by atoms with van der Waals surface area (Å²) in [4.78, 5) is 16.7. The van der Waals surface area contributed by atoms with Crippen molar-refractivity contribution in [1.29, 1.82) is 0 Å². The van der Waals surface area contributed by atoms with Gasteiger partial charge in [0.25, 0.3) is 0 Å². The number of nitrogens with zero attached hydrogens (tertiary/aromatic N) is 2. The molecule has 2 aliphatic heterocycles. The minimum absolute atomic E-state index is 0.0437. The molecule has 0 spiro atoms. The van der Waals surface area contributed by atoms with E-state index in [9.17, 15) is 9.90 Å². The van der Waals surface area contributed by atoms with Crippen molar-refractivity contribution in [3.8, 4) is 0 Å². The third kappa shape index (κ3) is 3.58. The third-order valence-corrected chi connectivity index (χ3v) is 4.90. The van der Waals surface area contributed by atoms with Gasteiger partial charge in [0, 0.05) is 38.0 Å². The van der Waals surface area contributed by atoms with Gasteiger partial charge in [0.05, 0.1) is 13.2 Å². The van der Waals surface area contributed by atoms with Crippen LogP contribution in [0.2, 0.25) is 0 Å². The van der Waals surface area contributed by atoms with Crippen LogP contribution in [-0.4, -0.2) is 66.4 Å². The first-order chi connectivity index (χ1) is 9.93. The van der Waals surface area contributed by atoms with E-state index in [2.05, 4.69) is 32.6 Å². The van der Waals surface area contributed by atoms with E-state index < -0.39 is 6.23 Å². The van der Waals surface area contributed by atoms with Gasteiger partial charge in [-0.3, -0.25) is 9.69 Å². The van der Waals surface area contributed by atoms with Gasteiger partial charge in [-0.15, -0.1) is 0 Å². The molecule has 122 valence electrons. The Morgan fingerprint density at radius 2 is 1.76 bits per heavy atom. The fraction of sp³-hybridized carbons (Fsp3) is 0.938. The van der Waals surface area contributed by atoms with Crippen LogP contribution < -0.4 is 0 Å². The lowest BCUT2D eigenvalue weighted by Crippen LogP contribution is -2.44. The van der Waals surface area contributed by atoms with Crippen LogP contribution in [0.4, 0.5) is 0 Å². The third-order valence-electron chi connectivity index (χ3n) is 4.90. The number of carbonyl (C=O) groups is 1. The Morgan fingerprint density at radius 1 is 1.14 bits per heavy atom. The number of likely N-dealkylation sites (tertiary alicyclic amines) is 1. The molecule has 3 unspecified atom stereocenters. The molecule has 0 aromatic rings. The summed E-state index contributed by atoms with van der Waals surface area (Å²) in [6.07, 6.45) is -0.633. The monoisotopic (exact) mass is 298 g/mol. The molecule has 1 amide bonds. The number of hydrogen-bond acceptors (Lipinski definition) is 4. The molecule has 2 heterocycles. The molecular formula is C16H30N2O3. The molecule has 2 aliphatic rings. The van der Waals surface area contributed by atoms with Crippen LogP contribution in [0, 0.1) is 23.7 Å². The summed E-state index contributed by atoms with van der Waals surface area (Å²) < 4.78 is 5.34. The van der Waals surface area contributed by atoms with Crippen molar-refractivity contribution in [2.75, 3.05) is 39.4 Å². The topological polar surface area (TPSA) is 53.0 Å². The second-order valence-corrected chi connectivity index (χ2v) is 6.99. The van der Waals surface area contributed by atoms with Gasteiger partial charge in [0.2, 0.25) is 5.91 Å². The number of aliphatic hydroxyl groups excluding tert-OH is 1. The second kappa shape index (κ2) is 7.07. The van der Waals surface area contributed by atoms with E-state index in [4.69, 9.17) is 4.74 Å². The number of aliphatic hydroxyl groups is 1. The van der Waals surface area contributed by atoms with Crippen LogP contribution in [0.25, 0.3) is 0 Å². The van der Waals surface area contributed by atoms with Gasteiger partial charge in [-0.2, -0.15) is 0 Å². The maximum absolute atomic E-state index is 12.7. The fourth-order valence-electron chi connectivity index (χ4n) is 3.68. The molecule has 5 nitrogen and oxygen atoms in total. The van der Waals surface area contributed by atoms with E-state index in [0.29, 0.717) is 12.5 Å². The number of morpholine rings is 1. The maximum atomic E-state index is 12.7. The van der Waals surface area contributed by atoms with E-state index in [1.807, 2.05) is 0 Å². The Bertz CT molecular complexity index is 353. The van der Waals surface area contributed by atoms with Crippen molar-refractivity contribution < 1.29 is 14.6 Å². The molecule has 0 aliphatic carbocycles. The van der Waals surface area contributed by atoms with Crippen molar-refractivity contribution in [2.24, 2.45) is 23.7 Å². The molecule has 2 rings (SSSR count). The first-order valence-corrected chi connectivity index (χ1v) is 8.22. The summed E-state index contributed by atoms with van der Waals surface area (Å²) in [5, 5.41) is 10.6. The van der Waals surface area contributed by atoms with Gasteiger partial charge < -0.3 is 14.7 Å². The first kappa shape index (κ1) is 16.7. The van der Waals surface area contributed by atoms with Crippen LogP contribution in [0.3, 0.4) is 0 Å². The van der Waals surface area contributed by atoms with E-state index >= 15 is 0 Å². The van der Waals surface area contributed by atoms with E-state index in [-0.39, 0.29) is 23.7 Å². The molecular weight excluding hydrogens is 268 g/mol. The second-order valence-electron chi connectivity index (χ2n) is 6.99. The first-order valence-electron chi connectivity index (χ1n) is 8.22. The lowest BCUT2D eigenvalue weighted by molar-refractivity contribution is -0.136. The molecule has 1 N–H and O–H groups in total. The zero-order valence-electron chi connectivity index (χ0n) is 13.8. The summed E-state index contributed by atoms with van der Waals surface area (Å²) in [7, 11) is 0. The normalized spacial score (nSPS) is 31.7. The van der Waals surface area contributed by atoms with Crippen molar-refractivity contribution in [3.05, 3.63) is 0 Å². The molecule has 0 aromatic heterocycles. The highest BCUT2D eigenvalue weighted by Gasteiger charge is 2.49. The number of ether oxygens (including phenoxy) is 1. The maximum Gasteiger partial charge on any atom is 0.228 e. The van der Waals surface area contributed by atoms with Gasteiger partial charge in [0.1, 0.15) is 6.23 Å². The number of hydrogen-bond donors (Lipinski definition) is 1. The summed E-state index contributed by atoms with van der Waals surface area (Å²) in [6, 6.07) is 0. The average molecular weight is 298 g/mol. The Hall–Kier alpha value is -0.650. The van der Waals surface area contributed by atoms with E-state index in [0.717, 1.165) is 32.8 Å². The van der Waals surface area contributed by atoms with Gasteiger partial charge >= 0.3 is 0 Å². The van der Waals surface area contributed by atoms with Crippen molar-refractivity contribution in [2.45, 2.75) is 33.9 Å². The van der Waals surface area contributed by atoms with Crippen LogP contribution in [-0.2, 0) is 9.53 Å². The standard InChI is InChI=1S/C16H30N2O3/c1-11(2)13-14(12(3)4)16(20)18(15(13)19)6-5-17-7-9-21-10-8-17/h11-15,19H,5-10H2,1-4H3. The highest BCUT2D eigenvalue weighted by Crippen LogP contribution is 2.39. The molecule has 0 aromatic carbocycles. The Balaban J connectivity index is 2.00. The Kier molecular flexibility index (Phi) is 5.63.